The van der Waals surface area contributed by atoms with Crippen LogP contribution in [0.3, 0.4) is 0 Å². The summed E-state index contributed by atoms with van der Waals surface area (Å²) in [6, 6.07) is -0.242. The molecule has 1 unspecified atom stereocenters. The molecule has 1 atom stereocenters. The van der Waals surface area contributed by atoms with Gasteiger partial charge in [-0.15, -0.1) is 0 Å². The van der Waals surface area contributed by atoms with Gasteiger partial charge in [-0.2, -0.15) is 0 Å². The van der Waals surface area contributed by atoms with Crippen LogP contribution in [0.25, 0.3) is 0 Å². The van der Waals surface area contributed by atoms with Crippen molar-refractivity contribution in [2.24, 2.45) is 10.4 Å². The first-order valence-corrected chi connectivity index (χ1v) is 11.4. The lowest BCUT2D eigenvalue weighted by atomic mass is 9.87. The molecule has 3 N–H and O–H groups in total. The Morgan fingerprint density at radius 1 is 1.23 bits per heavy atom. The Labute approximate surface area is 158 Å². The molecule has 7 nitrogen and oxygen atoms in total. The number of nitrogens with one attached hydrogen (secondary N) is 3. The van der Waals surface area contributed by atoms with Crippen LogP contribution in [0, 0.1) is 5.41 Å². The fraction of sp³-hybridized carbons (Fsp3) is 0.889. The summed E-state index contributed by atoms with van der Waals surface area (Å²) in [5.41, 5.74) is 0.193. The minimum absolute atomic E-state index is 0.0580. The van der Waals surface area contributed by atoms with Gasteiger partial charge < -0.3 is 16.0 Å². The molecule has 0 spiro atoms. The van der Waals surface area contributed by atoms with Crippen molar-refractivity contribution in [2.75, 3.05) is 31.6 Å². The van der Waals surface area contributed by atoms with Crippen LogP contribution in [0.4, 0.5) is 0 Å². The molecule has 0 aromatic carbocycles. The molecule has 0 bridgehead atoms. The highest BCUT2D eigenvalue weighted by molar-refractivity contribution is 7.91. The molecule has 1 heterocycles. The van der Waals surface area contributed by atoms with Crippen molar-refractivity contribution in [2.45, 2.75) is 65.3 Å². The normalized spacial score (nSPS) is 20.0. The number of rotatable bonds is 10. The molecule has 1 aliphatic rings. The van der Waals surface area contributed by atoms with Crippen LogP contribution < -0.4 is 16.0 Å². The SMILES string of the molecule is CCCCCC(C)(C)CNC(=NC)NCCC(=O)NC1CCS(=O)(=O)C1. The van der Waals surface area contributed by atoms with E-state index >= 15 is 0 Å². The number of hydrogen-bond donors (Lipinski definition) is 3. The lowest BCUT2D eigenvalue weighted by Crippen LogP contribution is -2.43. The second-order valence-electron chi connectivity index (χ2n) is 7.89. The maximum atomic E-state index is 11.9. The van der Waals surface area contributed by atoms with Gasteiger partial charge in [0.05, 0.1) is 11.5 Å². The number of nitrogens with zero attached hydrogens (tertiary/aromatic N) is 1. The zero-order valence-corrected chi connectivity index (χ0v) is 17.5. The smallest absolute Gasteiger partial charge is 0.222 e. The molecule has 1 saturated heterocycles. The number of aliphatic imine (C=N–C) groups is 1. The molecule has 0 aliphatic carbocycles. The Balaban J connectivity index is 2.24. The number of guanidine groups is 1. The molecular weight excluding hydrogens is 352 g/mol. The van der Waals surface area contributed by atoms with E-state index in [9.17, 15) is 13.2 Å². The molecule has 0 aromatic heterocycles. The van der Waals surface area contributed by atoms with E-state index in [1.165, 1.54) is 19.3 Å². The van der Waals surface area contributed by atoms with Gasteiger partial charge >= 0.3 is 0 Å². The zero-order chi connectivity index (χ0) is 19.6. The monoisotopic (exact) mass is 388 g/mol. The second-order valence-corrected chi connectivity index (χ2v) is 10.1. The Morgan fingerprint density at radius 2 is 1.96 bits per heavy atom. The van der Waals surface area contributed by atoms with E-state index < -0.39 is 9.84 Å². The van der Waals surface area contributed by atoms with Crippen molar-refractivity contribution < 1.29 is 13.2 Å². The summed E-state index contributed by atoms with van der Waals surface area (Å²) < 4.78 is 22.8. The highest BCUT2D eigenvalue weighted by Gasteiger charge is 2.28. The minimum atomic E-state index is -2.97. The standard InChI is InChI=1S/C18H36N4O3S/c1-5-6-7-10-18(2,3)14-21-17(19-4)20-11-8-16(23)22-15-9-12-26(24,25)13-15/h15H,5-14H2,1-4H3,(H,22,23)(H2,19,20,21). The fourth-order valence-electron chi connectivity index (χ4n) is 2.99. The van der Waals surface area contributed by atoms with E-state index in [2.05, 4.69) is 41.7 Å². The van der Waals surface area contributed by atoms with Gasteiger partial charge in [0.15, 0.2) is 15.8 Å². The molecule has 0 aromatic rings. The number of unbranched alkanes of at least 4 members (excludes halogenated alkanes) is 2. The maximum absolute atomic E-state index is 11.9. The number of carbonyl (C=O) groups is 1. The lowest BCUT2D eigenvalue weighted by Gasteiger charge is -2.26. The van der Waals surface area contributed by atoms with E-state index in [0.717, 1.165) is 13.0 Å². The van der Waals surface area contributed by atoms with Crippen LogP contribution in [0.2, 0.25) is 0 Å². The largest absolute Gasteiger partial charge is 0.356 e. The fourth-order valence-corrected chi connectivity index (χ4v) is 4.66. The van der Waals surface area contributed by atoms with Crippen LogP contribution in [0.15, 0.2) is 4.99 Å². The van der Waals surface area contributed by atoms with E-state index in [1.807, 2.05) is 0 Å². The van der Waals surface area contributed by atoms with Gasteiger partial charge in [0, 0.05) is 32.6 Å². The third-order valence-electron chi connectivity index (χ3n) is 4.66. The zero-order valence-electron chi connectivity index (χ0n) is 16.7. The molecule has 8 heteroatoms. The van der Waals surface area contributed by atoms with Crippen molar-refractivity contribution in [3.8, 4) is 0 Å². The van der Waals surface area contributed by atoms with Crippen molar-refractivity contribution in [3.05, 3.63) is 0 Å². The first-order chi connectivity index (χ1) is 12.2. The van der Waals surface area contributed by atoms with E-state index in [-0.39, 0.29) is 35.3 Å². The molecule has 0 radical (unpaired) electrons. The van der Waals surface area contributed by atoms with Crippen molar-refractivity contribution in [1.29, 1.82) is 0 Å². The van der Waals surface area contributed by atoms with Gasteiger partial charge in [0.2, 0.25) is 5.91 Å². The van der Waals surface area contributed by atoms with Gasteiger partial charge in [-0.25, -0.2) is 8.42 Å². The number of amides is 1. The third-order valence-corrected chi connectivity index (χ3v) is 6.43. The van der Waals surface area contributed by atoms with Crippen LogP contribution in [0.1, 0.15) is 59.3 Å². The average Bonchev–Trinajstić information content (AvgIpc) is 2.89. The van der Waals surface area contributed by atoms with Gasteiger partial charge in [-0.05, 0) is 18.3 Å². The van der Waals surface area contributed by atoms with E-state index in [4.69, 9.17) is 0 Å². The number of hydrogen-bond acceptors (Lipinski definition) is 4. The van der Waals surface area contributed by atoms with E-state index in [0.29, 0.717) is 18.9 Å². The van der Waals surface area contributed by atoms with Gasteiger partial charge in [0.1, 0.15) is 0 Å². The first-order valence-electron chi connectivity index (χ1n) is 9.62. The number of carbonyl (C=O) groups excluding carboxylic acids is 1. The van der Waals surface area contributed by atoms with E-state index in [1.54, 1.807) is 7.05 Å². The van der Waals surface area contributed by atoms with Gasteiger partial charge in [-0.1, -0.05) is 40.0 Å². The molecule has 1 amide bonds. The van der Waals surface area contributed by atoms with Crippen LogP contribution in [0.5, 0.6) is 0 Å². The van der Waals surface area contributed by atoms with Crippen LogP contribution in [-0.2, 0) is 14.6 Å². The van der Waals surface area contributed by atoms with Crippen LogP contribution in [-0.4, -0.2) is 58.0 Å². The Bertz CT molecular complexity index is 573. The summed E-state index contributed by atoms with van der Waals surface area (Å²) >= 11 is 0. The quantitative estimate of drug-likeness (QED) is 0.299. The second kappa shape index (κ2) is 10.7. The third kappa shape index (κ3) is 9.40. The Morgan fingerprint density at radius 3 is 2.54 bits per heavy atom. The van der Waals surface area contributed by atoms with Crippen molar-refractivity contribution in [1.82, 2.24) is 16.0 Å². The maximum Gasteiger partial charge on any atom is 0.222 e. The first kappa shape index (κ1) is 22.7. The average molecular weight is 389 g/mol. The van der Waals surface area contributed by atoms with Gasteiger partial charge in [0.25, 0.3) is 0 Å². The molecule has 152 valence electrons. The molecular formula is C18H36N4O3S. The summed E-state index contributed by atoms with van der Waals surface area (Å²) in [7, 11) is -1.26. The van der Waals surface area contributed by atoms with Gasteiger partial charge in [-0.3, -0.25) is 9.79 Å². The Kier molecular flexibility index (Phi) is 9.39. The van der Waals surface area contributed by atoms with Crippen LogP contribution >= 0.6 is 0 Å². The summed E-state index contributed by atoms with van der Waals surface area (Å²) in [5, 5.41) is 9.26. The lowest BCUT2D eigenvalue weighted by molar-refractivity contribution is -0.121. The summed E-state index contributed by atoms with van der Waals surface area (Å²) in [6.07, 6.45) is 5.68. The molecule has 1 fully saturated rings. The summed E-state index contributed by atoms with van der Waals surface area (Å²) in [6.45, 7) is 7.97. The minimum Gasteiger partial charge on any atom is -0.356 e. The molecule has 0 saturated carbocycles. The highest BCUT2D eigenvalue weighted by atomic mass is 32.2. The molecule has 1 rings (SSSR count). The van der Waals surface area contributed by atoms with Crippen molar-refractivity contribution in [3.63, 3.8) is 0 Å². The Hall–Kier alpha value is -1.31. The topological polar surface area (TPSA) is 99.7 Å². The van der Waals surface area contributed by atoms with Crippen molar-refractivity contribution >= 4 is 21.7 Å². The summed E-state index contributed by atoms with van der Waals surface area (Å²) in [5.74, 6) is 0.781. The predicted octanol–water partition coefficient (Wildman–Crippen LogP) is 1.45. The predicted molar refractivity (Wildman–Crippen MR) is 107 cm³/mol. The molecule has 1 aliphatic heterocycles. The number of sulfone groups is 1. The summed E-state index contributed by atoms with van der Waals surface area (Å²) in [4.78, 5) is 16.1. The molecule has 26 heavy (non-hydrogen) atoms. The highest BCUT2D eigenvalue weighted by Crippen LogP contribution is 2.22.